The average Bonchev–Trinajstić information content (AvgIpc) is 2.18. The van der Waals surface area contributed by atoms with Crippen molar-refractivity contribution in [1.82, 2.24) is 0 Å². The van der Waals surface area contributed by atoms with Crippen LogP contribution in [-0.4, -0.2) is 16.8 Å². The fraction of sp³-hybridized carbons (Fsp3) is 0.273. The molecule has 0 radical (unpaired) electrons. The van der Waals surface area contributed by atoms with Crippen LogP contribution in [0.2, 0.25) is 0 Å². The van der Waals surface area contributed by atoms with Crippen molar-refractivity contribution in [3.8, 4) is 0 Å². The highest BCUT2D eigenvalue weighted by Crippen LogP contribution is 2.19. The summed E-state index contributed by atoms with van der Waals surface area (Å²) in [5.74, 6) is -0.976. The smallest absolute Gasteiger partial charge is 0.349 e. The fourth-order valence-corrected chi connectivity index (χ4v) is 1.15. The lowest BCUT2D eigenvalue weighted by Crippen LogP contribution is -2.07. The molecule has 0 unspecified atom stereocenters. The Bertz CT molecular complexity index is 369. The summed E-state index contributed by atoms with van der Waals surface area (Å²) in [5.41, 5.74) is 1.92. The van der Waals surface area contributed by atoms with Gasteiger partial charge in [0.2, 0.25) is 0 Å². The summed E-state index contributed by atoms with van der Waals surface area (Å²) < 4.78 is 0. The molecule has 0 amide bonds. The van der Waals surface area contributed by atoms with Gasteiger partial charge in [-0.15, -0.1) is 0 Å². The molecule has 3 heteroatoms. The van der Waals surface area contributed by atoms with Crippen molar-refractivity contribution in [2.75, 3.05) is 0 Å². The van der Waals surface area contributed by atoms with E-state index in [0.29, 0.717) is 0 Å². The van der Waals surface area contributed by atoms with E-state index in [1.54, 1.807) is 0 Å². The van der Waals surface area contributed by atoms with E-state index < -0.39 is 5.97 Å². The van der Waals surface area contributed by atoms with Crippen LogP contribution in [-0.2, 0) is 11.2 Å². The van der Waals surface area contributed by atoms with Crippen molar-refractivity contribution in [2.24, 2.45) is 4.99 Å². The molecule has 1 aromatic carbocycles. The van der Waals surface area contributed by atoms with Crippen LogP contribution in [0.15, 0.2) is 29.3 Å². The molecule has 0 spiro atoms. The highest BCUT2D eigenvalue weighted by molar-refractivity contribution is 6.35. The van der Waals surface area contributed by atoms with Crippen LogP contribution in [0.3, 0.4) is 0 Å². The van der Waals surface area contributed by atoms with Gasteiger partial charge in [0, 0.05) is 0 Å². The second-order valence-corrected chi connectivity index (χ2v) is 2.98. The summed E-state index contributed by atoms with van der Waals surface area (Å²) in [7, 11) is 0. The number of benzene rings is 1. The van der Waals surface area contributed by atoms with Crippen LogP contribution >= 0.6 is 0 Å². The fourth-order valence-electron chi connectivity index (χ4n) is 1.15. The number of rotatable bonds is 3. The van der Waals surface area contributed by atoms with Gasteiger partial charge in [0.1, 0.15) is 5.71 Å². The van der Waals surface area contributed by atoms with Gasteiger partial charge in [-0.05, 0) is 25.0 Å². The Hall–Kier alpha value is -1.64. The van der Waals surface area contributed by atoms with E-state index in [0.717, 1.165) is 17.7 Å². The summed E-state index contributed by atoms with van der Waals surface area (Å²) in [5, 5.41) is 8.68. The lowest BCUT2D eigenvalue weighted by Gasteiger charge is -2.02. The van der Waals surface area contributed by atoms with E-state index in [4.69, 9.17) is 5.11 Å². The van der Waals surface area contributed by atoms with Crippen LogP contribution in [0.5, 0.6) is 0 Å². The van der Waals surface area contributed by atoms with Gasteiger partial charge in [0.05, 0.1) is 5.69 Å². The first-order valence-corrected chi connectivity index (χ1v) is 4.51. The van der Waals surface area contributed by atoms with Crippen LogP contribution in [0.1, 0.15) is 19.4 Å². The molecule has 0 heterocycles. The Morgan fingerprint density at radius 1 is 1.43 bits per heavy atom. The van der Waals surface area contributed by atoms with Crippen LogP contribution in [0.25, 0.3) is 0 Å². The molecule has 0 bridgehead atoms. The summed E-state index contributed by atoms with van der Waals surface area (Å²) in [6.07, 6.45) is 0.854. The monoisotopic (exact) mass is 191 g/mol. The highest BCUT2D eigenvalue weighted by Gasteiger charge is 2.03. The minimum Gasteiger partial charge on any atom is -0.477 e. The molecule has 0 saturated carbocycles. The Labute approximate surface area is 83.1 Å². The number of hydrogen-bond donors (Lipinski definition) is 1. The third kappa shape index (κ3) is 2.42. The molecule has 0 saturated heterocycles. The van der Waals surface area contributed by atoms with Crippen LogP contribution in [0.4, 0.5) is 5.69 Å². The van der Waals surface area contributed by atoms with Gasteiger partial charge in [0.25, 0.3) is 0 Å². The minimum absolute atomic E-state index is 0.117. The molecular weight excluding hydrogens is 178 g/mol. The van der Waals surface area contributed by atoms with Crippen LogP contribution in [0, 0.1) is 0 Å². The Morgan fingerprint density at radius 3 is 2.64 bits per heavy atom. The molecule has 0 aliphatic rings. The molecule has 0 aromatic heterocycles. The molecule has 0 aliphatic heterocycles. The lowest BCUT2D eigenvalue weighted by atomic mass is 10.1. The van der Waals surface area contributed by atoms with E-state index in [1.165, 1.54) is 6.92 Å². The van der Waals surface area contributed by atoms with Gasteiger partial charge < -0.3 is 5.11 Å². The van der Waals surface area contributed by atoms with Crippen molar-refractivity contribution in [1.29, 1.82) is 0 Å². The van der Waals surface area contributed by atoms with Gasteiger partial charge in [-0.1, -0.05) is 25.1 Å². The third-order valence-electron chi connectivity index (χ3n) is 1.97. The zero-order chi connectivity index (χ0) is 10.6. The number of aliphatic imine (C=N–C) groups is 1. The summed E-state index contributed by atoms with van der Waals surface area (Å²) in [6, 6.07) is 7.56. The first-order chi connectivity index (χ1) is 6.65. The minimum atomic E-state index is -0.976. The average molecular weight is 191 g/mol. The summed E-state index contributed by atoms with van der Waals surface area (Å²) in [6.45, 7) is 3.51. The van der Waals surface area contributed by atoms with Gasteiger partial charge in [-0.25, -0.2) is 9.79 Å². The first kappa shape index (κ1) is 10.4. The third-order valence-corrected chi connectivity index (χ3v) is 1.97. The number of nitrogens with zero attached hydrogens (tertiary/aromatic N) is 1. The maximum Gasteiger partial charge on any atom is 0.349 e. The predicted octanol–water partition coefficient (Wildman–Crippen LogP) is 2.43. The molecule has 3 nitrogen and oxygen atoms in total. The quantitative estimate of drug-likeness (QED) is 0.746. The Balaban J connectivity index is 3.07. The Morgan fingerprint density at radius 2 is 2.07 bits per heavy atom. The number of hydrogen-bond acceptors (Lipinski definition) is 2. The lowest BCUT2D eigenvalue weighted by molar-refractivity contribution is -0.129. The molecule has 1 aromatic rings. The topological polar surface area (TPSA) is 49.7 Å². The first-order valence-electron chi connectivity index (χ1n) is 4.51. The maximum absolute atomic E-state index is 10.6. The van der Waals surface area contributed by atoms with E-state index in [1.807, 2.05) is 31.2 Å². The van der Waals surface area contributed by atoms with Gasteiger partial charge in [0.15, 0.2) is 0 Å². The van der Waals surface area contributed by atoms with Crippen molar-refractivity contribution in [3.63, 3.8) is 0 Å². The number of para-hydroxylation sites is 1. The zero-order valence-electron chi connectivity index (χ0n) is 8.32. The molecular formula is C11H13NO2. The van der Waals surface area contributed by atoms with Gasteiger partial charge in [-0.3, -0.25) is 0 Å². The molecule has 0 fully saturated rings. The number of aryl methyl sites for hydroxylation is 1. The standard InChI is InChI=1S/C11H13NO2/c1-3-9-6-4-5-7-10(9)12-8(2)11(13)14/h4-7H,3H2,1-2H3,(H,13,14). The normalized spacial score (nSPS) is 11.4. The molecule has 74 valence electrons. The van der Waals surface area contributed by atoms with E-state index in [-0.39, 0.29) is 5.71 Å². The van der Waals surface area contributed by atoms with E-state index in [9.17, 15) is 4.79 Å². The van der Waals surface area contributed by atoms with Crippen molar-refractivity contribution in [3.05, 3.63) is 29.8 Å². The molecule has 1 rings (SSSR count). The van der Waals surface area contributed by atoms with Crippen molar-refractivity contribution < 1.29 is 9.90 Å². The summed E-state index contributed by atoms with van der Waals surface area (Å²) in [4.78, 5) is 14.6. The second-order valence-electron chi connectivity index (χ2n) is 2.98. The molecule has 14 heavy (non-hydrogen) atoms. The number of carboxylic acid groups (broad SMARTS) is 1. The van der Waals surface area contributed by atoms with Crippen LogP contribution < -0.4 is 0 Å². The largest absolute Gasteiger partial charge is 0.477 e. The second kappa shape index (κ2) is 4.56. The van der Waals surface area contributed by atoms with Gasteiger partial charge in [-0.2, -0.15) is 0 Å². The SMILES string of the molecule is CCc1ccccc1N=C(C)C(=O)O. The van der Waals surface area contributed by atoms with E-state index >= 15 is 0 Å². The van der Waals surface area contributed by atoms with Crippen molar-refractivity contribution >= 4 is 17.4 Å². The number of carbonyl (C=O) groups is 1. The zero-order valence-corrected chi connectivity index (χ0v) is 8.32. The molecule has 0 aliphatic carbocycles. The molecule has 1 N–H and O–H groups in total. The number of aliphatic carboxylic acids is 1. The van der Waals surface area contributed by atoms with E-state index in [2.05, 4.69) is 4.99 Å². The maximum atomic E-state index is 10.6. The number of carboxylic acids is 1. The summed E-state index contributed by atoms with van der Waals surface area (Å²) >= 11 is 0. The predicted molar refractivity (Wildman–Crippen MR) is 56.2 cm³/mol. The van der Waals surface area contributed by atoms with Crippen molar-refractivity contribution in [2.45, 2.75) is 20.3 Å². The molecule has 0 atom stereocenters. The Kier molecular flexibility index (Phi) is 3.40. The highest BCUT2D eigenvalue weighted by atomic mass is 16.4. The van der Waals surface area contributed by atoms with Gasteiger partial charge >= 0.3 is 5.97 Å².